The SMILES string of the molecule is Cc1cccc(NC(=O)CSc2nnc(NCC(C)C)s2)c1C. The highest BCUT2D eigenvalue weighted by Gasteiger charge is 2.10. The molecule has 2 aromatic rings. The first kappa shape index (κ1) is 17.7. The van der Waals surface area contributed by atoms with Gasteiger partial charge >= 0.3 is 0 Å². The van der Waals surface area contributed by atoms with E-state index in [-0.39, 0.29) is 5.91 Å². The zero-order chi connectivity index (χ0) is 16.8. The number of hydrogen-bond donors (Lipinski definition) is 2. The number of amides is 1. The summed E-state index contributed by atoms with van der Waals surface area (Å²) < 4.78 is 0.798. The van der Waals surface area contributed by atoms with Gasteiger partial charge in [0.05, 0.1) is 5.75 Å². The van der Waals surface area contributed by atoms with E-state index < -0.39 is 0 Å². The van der Waals surface area contributed by atoms with Crippen molar-refractivity contribution in [3.63, 3.8) is 0 Å². The fourth-order valence-electron chi connectivity index (χ4n) is 1.83. The number of carbonyl (C=O) groups excluding carboxylic acids is 1. The molecule has 0 aliphatic rings. The molecule has 0 radical (unpaired) electrons. The van der Waals surface area contributed by atoms with E-state index in [0.717, 1.165) is 27.3 Å². The number of aromatic nitrogens is 2. The topological polar surface area (TPSA) is 66.9 Å². The van der Waals surface area contributed by atoms with Crippen molar-refractivity contribution in [3.8, 4) is 0 Å². The Bertz CT molecular complexity index is 670. The van der Waals surface area contributed by atoms with Gasteiger partial charge in [-0.15, -0.1) is 10.2 Å². The van der Waals surface area contributed by atoms with E-state index in [1.165, 1.54) is 28.7 Å². The molecule has 124 valence electrons. The zero-order valence-electron chi connectivity index (χ0n) is 13.8. The summed E-state index contributed by atoms with van der Waals surface area (Å²) in [5.74, 6) is 0.848. The van der Waals surface area contributed by atoms with Crippen LogP contribution in [0.2, 0.25) is 0 Å². The third kappa shape index (κ3) is 5.51. The summed E-state index contributed by atoms with van der Waals surface area (Å²) in [5, 5.41) is 15.2. The summed E-state index contributed by atoms with van der Waals surface area (Å²) in [5.41, 5.74) is 3.13. The van der Waals surface area contributed by atoms with Gasteiger partial charge in [-0.2, -0.15) is 0 Å². The van der Waals surface area contributed by atoms with E-state index in [0.29, 0.717) is 11.7 Å². The zero-order valence-corrected chi connectivity index (χ0v) is 15.5. The fourth-order valence-corrected chi connectivity index (χ4v) is 3.39. The molecular weight excluding hydrogens is 328 g/mol. The van der Waals surface area contributed by atoms with Gasteiger partial charge in [0, 0.05) is 12.2 Å². The third-order valence-corrected chi connectivity index (χ3v) is 5.29. The van der Waals surface area contributed by atoms with E-state index in [1.54, 1.807) is 0 Å². The Labute approximate surface area is 145 Å². The van der Waals surface area contributed by atoms with Gasteiger partial charge in [-0.1, -0.05) is 49.1 Å². The average molecular weight is 351 g/mol. The maximum absolute atomic E-state index is 12.1. The van der Waals surface area contributed by atoms with Crippen LogP contribution in [0.15, 0.2) is 22.5 Å². The molecule has 2 N–H and O–H groups in total. The lowest BCUT2D eigenvalue weighted by Crippen LogP contribution is -2.15. The van der Waals surface area contributed by atoms with Gasteiger partial charge < -0.3 is 10.6 Å². The molecule has 0 aliphatic carbocycles. The predicted octanol–water partition coefficient (Wildman–Crippen LogP) is 3.95. The van der Waals surface area contributed by atoms with Gasteiger partial charge in [0.15, 0.2) is 4.34 Å². The van der Waals surface area contributed by atoms with Crippen LogP contribution < -0.4 is 10.6 Å². The molecule has 0 bridgehead atoms. The van der Waals surface area contributed by atoms with E-state index in [4.69, 9.17) is 0 Å². The summed E-state index contributed by atoms with van der Waals surface area (Å²) >= 11 is 2.88. The quantitative estimate of drug-likeness (QED) is 0.740. The second-order valence-electron chi connectivity index (χ2n) is 5.73. The first-order chi connectivity index (χ1) is 11.0. The number of thioether (sulfide) groups is 1. The van der Waals surface area contributed by atoms with Crippen molar-refractivity contribution in [1.82, 2.24) is 10.2 Å². The summed E-state index contributed by atoms with van der Waals surface area (Å²) in [6.07, 6.45) is 0. The van der Waals surface area contributed by atoms with Gasteiger partial charge in [0.25, 0.3) is 0 Å². The highest BCUT2D eigenvalue weighted by Crippen LogP contribution is 2.26. The molecule has 7 heteroatoms. The average Bonchev–Trinajstić information content (AvgIpc) is 2.96. The Balaban J connectivity index is 1.83. The maximum atomic E-state index is 12.1. The van der Waals surface area contributed by atoms with Crippen molar-refractivity contribution >= 4 is 39.8 Å². The van der Waals surface area contributed by atoms with E-state index in [9.17, 15) is 4.79 Å². The van der Waals surface area contributed by atoms with Crippen molar-refractivity contribution in [2.24, 2.45) is 5.92 Å². The number of rotatable bonds is 7. The molecule has 0 saturated heterocycles. The number of aryl methyl sites for hydroxylation is 1. The highest BCUT2D eigenvalue weighted by atomic mass is 32.2. The lowest BCUT2D eigenvalue weighted by Gasteiger charge is -2.09. The van der Waals surface area contributed by atoms with Gasteiger partial charge in [0.1, 0.15) is 0 Å². The minimum Gasteiger partial charge on any atom is -0.360 e. The summed E-state index contributed by atoms with van der Waals surface area (Å²) in [7, 11) is 0. The first-order valence-electron chi connectivity index (χ1n) is 7.52. The summed E-state index contributed by atoms with van der Waals surface area (Å²) in [6, 6.07) is 5.90. The largest absolute Gasteiger partial charge is 0.360 e. The molecule has 1 aromatic carbocycles. The van der Waals surface area contributed by atoms with Crippen LogP contribution in [0.5, 0.6) is 0 Å². The molecule has 2 rings (SSSR count). The van der Waals surface area contributed by atoms with E-state index in [1.807, 2.05) is 32.0 Å². The predicted molar refractivity (Wildman–Crippen MR) is 98.5 cm³/mol. The molecule has 0 fully saturated rings. The molecule has 0 aliphatic heterocycles. The van der Waals surface area contributed by atoms with Crippen LogP contribution in [-0.2, 0) is 4.79 Å². The van der Waals surface area contributed by atoms with Crippen LogP contribution in [0.1, 0.15) is 25.0 Å². The Morgan fingerprint density at radius 1 is 1.30 bits per heavy atom. The molecule has 0 saturated carbocycles. The number of benzene rings is 1. The number of carbonyl (C=O) groups is 1. The second kappa shape index (κ2) is 8.31. The van der Waals surface area contributed by atoms with E-state index in [2.05, 4.69) is 34.7 Å². The Morgan fingerprint density at radius 2 is 2.09 bits per heavy atom. The minimum atomic E-state index is -0.0319. The van der Waals surface area contributed by atoms with E-state index >= 15 is 0 Å². The highest BCUT2D eigenvalue weighted by molar-refractivity contribution is 8.01. The first-order valence-corrected chi connectivity index (χ1v) is 9.32. The van der Waals surface area contributed by atoms with Crippen molar-refractivity contribution in [2.45, 2.75) is 32.0 Å². The molecule has 1 amide bonds. The molecule has 0 atom stereocenters. The second-order valence-corrected chi connectivity index (χ2v) is 7.93. The molecular formula is C16H22N4OS2. The van der Waals surface area contributed by atoms with Crippen LogP contribution in [0.25, 0.3) is 0 Å². The molecule has 23 heavy (non-hydrogen) atoms. The Kier molecular flexibility index (Phi) is 6.41. The van der Waals surface area contributed by atoms with Crippen molar-refractivity contribution in [1.29, 1.82) is 0 Å². The van der Waals surface area contributed by atoms with Crippen molar-refractivity contribution < 1.29 is 4.79 Å². The fraction of sp³-hybridized carbons (Fsp3) is 0.438. The van der Waals surface area contributed by atoms with Gasteiger partial charge in [0.2, 0.25) is 11.0 Å². The molecule has 1 heterocycles. The normalized spacial score (nSPS) is 10.8. The van der Waals surface area contributed by atoms with Gasteiger partial charge in [-0.25, -0.2) is 0 Å². The van der Waals surface area contributed by atoms with Crippen LogP contribution in [0.4, 0.5) is 10.8 Å². The maximum Gasteiger partial charge on any atom is 0.234 e. The van der Waals surface area contributed by atoms with Gasteiger partial charge in [-0.3, -0.25) is 4.79 Å². The number of hydrogen-bond acceptors (Lipinski definition) is 6. The van der Waals surface area contributed by atoms with Gasteiger partial charge in [-0.05, 0) is 37.0 Å². The molecule has 1 aromatic heterocycles. The van der Waals surface area contributed by atoms with Crippen molar-refractivity contribution in [2.75, 3.05) is 22.9 Å². The third-order valence-electron chi connectivity index (χ3n) is 3.27. The molecule has 5 nitrogen and oxygen atoms in total. The minimum absolute atomic E-state index is 0.0319. The van der Waals surface area contributed by atoms with Crippen molar-refractivity contribution in [3.05, 3.63) is 29.3 Å². The lowest BCUT2D eigenvalue weighted by molar-refractivity contribution is -0.113. The van der Waals surface area contributed by atoms with Crippen LogP contribution in [0, 0.1) is 19.8 Å². The smallest absolute Gasteiger partial charge is 0.234 e. The summed E-state index contributed by atoms with van der Waals surface area (Å²) in [6.45, 7) is 9.19. The monoisotopic (exact) mass is 350 g/mol. The van der Waals surface area contributed by atoms with Crippen LogP contribution in [0.3, 0.4) is 0 Å². The Hall–Kier alpha value is -1.60. The number of nitrogens with one attached hydrogen (secondary N) is 2. The standard InChI is InChI=1S/C16H22N4OS2/c1-10(2)8-17-15-19-20-16(23-15)22-9-14(21)18-13-7-5-6-11(3)12(13)4/h5-7,10H,8-9H2,1-4H3,(H,17,19)(H,18,21). The lowest BCUT2D eigenvalue weighted by atomic mass is 10.1. The number of nitrogens with zero attached hydrogens (tertiary/aromatic N) is 2. The number of anilines is 2. The van der Waals surface area contributed by atoms with Crippen LogP contribution in [-0.4, -0.2) is 28.4 Å². The Morgan fingerprint density at radius 3 is 2.83 bits per heavy atom. The summed E-state index contributed by atoms with van der Waals surface area (Å²) in [4.78, 5) is 12.1. The molecule has 0 spiro atoms. The van der Waals surface area contributed by atoms with Crippen LogP contribution >= 0.6 is 23.1 Å². The molecule has 0 unspecified atom stereocenters.